The molecule has 0 aromatic heterocycles. The number of hydrogen-bond donors (Lipinski definition) is 3. The van der Waals surface area contributed by atoms with Crippen molar-refractivity contribution in [1.29, 1.82) is 0 Å². The lowest BCUT2D eigenvalue weighted by Crippen LogP contribution is -2.45. The first-order valence-electron chi connectivity index (χ1n) is 18.2. The van der Waals surface area contributed by atoms with E-state index in [4.69, 9.17) is 0 Å². The number of hydrogen-bond acceptors (Lipinski definition) is 3. The number of nitrogens with one attached hydrogen (secondary N) is 1. The Kier molecular flexibility index (Phi) is 33.6. The highest BCUT2D eigenvalue weighted by Gasteiger charge is 2.17. The van der Waals surface area contributed by atoms with Gasteiger partial charge in [0, 0.05) is 6.42 Å². The van der Waals surface area contributed by atoms with Crippen LogP contribution in [0.5, 0.6) is 0 Å². The van der Waals surface area contributed by atoms with E-state index < -0.39 is 12.1 Å². The molecule has 0 aliphatic carbocycles. The fourth-order valence-corrected chi connectivity index (χ4v) is 4.92. The molecule has 2 atom stereocenters. The zero-order valence-corrected chi connectivity index (χ0v) is 28.6. The van der Waals surface area contributed by atoms with Crippen LogP contribution in [0.2, 0.25) is 0 Å². The van der Waals surface area contributed by atoms with Crippen LogP contribution in [0.15, 0.2) is 72.9 Å². The predicted molar refractivity (Wildman–Crippen MR) is 193 cm³/mol. The maximum Gasteiger partial charge on any atom is 0.220 e. The van der Waals surface area contributed by atoms with Crippen LogP contribution in [0.3, 0.4) is 0 Å². The summed E-state index contributed by atoms with van der Waals surface area (Å²) in [6, 6.07) is -0.620. The summed E-state index contributed by atoms with van der Waals surface area (Å²) in [7, 11) is 0. The van der Waals surface area contributed by atoms with Crippen molar-refractivity contribution in [1.82, 2.24) is 5.32 Å². The van der Waals surface area contributed by atoms with Gasteiger partial charge >= 0.3 is 0 Å². The second kappa shape index (κ2) is 35.3. The first-order valence-corrected chi connectivity index (χ1v) is 18.2. The molecule has 3 N–H and O–H groups in total. The molecular formula is C40H69NO3. The lowest BCUT2D eigenvalue weighted by molar-refractivity contribution is -0.123. The Bertz CT molecular complexity index is 792. The normalized spacial score (nSPS) is 14.0. The number of carbonyl (C=O) groups excluding carboxylic acids is 1. The van der Waals surface area contributed by atoms with Crippen molar-refractivity contribution in [3.05, 3.63) is 72.9 Å². The molecule has 0 bridgehead atoms. The van der Waals surface area contributed by atoms with Crippen LogP contribution in [-0.2, 0) is 4.79 Å². The fourth-order valence-electron chi connectivity index (χ4n) is 4.92. The molecule has 1 amide bonds. The average molecular weight is 612 g/mol. The van der Waals surface area contributed by atoms with Gasteiger partial charge in [0.1, 0.15) is 0 Å². The Morgan fingerprint density at radius 3 is 1.45 bits per heavy atom. The Morgan fingerprint density at radius 2 is 1.00 bits per heavy atom. The van der Waals surface area contributed by atoms with Gasteiger partial charge in [-0.25, -0.2) is 0 Å². The first kappa shape index (κ1) is 41.8. The predicted octanol–water partition coefficient (Wildman–Crippen LogP) is 10.8. The molecule has 0 aliphatic heterocycles. The maximum absolute atomic E-state index is 12.1. The van der Waals surface area contributed by atoms with Gasteiger partial charge in [0.05, 0.1) is 18.8 Å². The van der Waals surface area contributed by atoms with Gasteiger partial charge in [0.15, 0.2) is 0 Å². The summed E-state index contributed by atoms with van der Waals surface area (Å²) in [6.07, 6.45) is 50.6. The molecule has 0 rings (SSSR count). The van der Waals surface area contributed by atoms with Crippen molar-refractivity contribution >= 4 is 5.91 Å². The van der Waals surface area contributed by atoms with Crippen LogP contribution in [0, 0.1) is 0 Å². The summed E-state index contributed by atoms with van der Waals surface area (Å²) < 4.78 is 0. The number of aliphatic hydroxyl groups excluding tert-OH is 2. The van der Waals surface area contributed by atoms with Crippen LogP contribution in [0.1, 0.15) is 155 Å². The van der Waals surface area contributed by atoms with Crippen LogP contribution in [-0.4, -0.2) is 34.9 Å². The average Bonchev–Trinajstić information content (AvgIpc) is 3.02. The third kappa shape index (κ3) is 31.3. The summed E-state index contributed by atoms with van der Waals surface area (Å²) in [4.78, 5) is 12.1. The lowest BCUT2D eigenvalue weighted by Gasteiger charge is -2.19. The van der Waals surface area contributed by atoms with Crippen molar-refractivity contribution in [2.75, 3.05) is 6.61 Å². The highest BCUT2D eigenvalue weighted by molar-refractivity contribution is 5.76. The molecule has 0 saturated carbocycles. The molecule has 0 radical (unpaired) electrons. The Labute approximate surface area is 272 Å². The first-order chi connectivity index (χ1) is 21.7. The van der Waals surface area contributed by atoms with E-state index in [0.29, 0.717) is 6.42 Å². The lowest BCUT2D eigenvalue weighted by atomic mass is 10.0. The number of aliphatic hydroxyl groups is 2. The third-order valence-electron chi connectivity index (χ3n) is 7.68. The second-order valence-electron chi connectivity index (χ2n) is 11.9. The van der Waals surface area contributed by atoms with E-state index in [1.807, 2.05) is 6.08 Å². The Morgan fingerprint density at radius 1 is 0.568 bits per heavy atom. The molecular weight excluding hydrogens is 542 g/mol. The zero-order valence-electron chi connectivity index (χ0n) is 28.6. The van der Waals surface area contributed by atoms with E-state index in [-0.39, 0.29) is 12.5 Å². The number of unbranched alkanes of at least 4 members (excludes halogenated alkanes) is 14. The van der Waals surface area contributed by atoms with Gasteiger partial charge in [-0.15, -0.1) is 0 Å². The van der Waals surface area contributed by atoms with Gasteiger partial charge in [-0.1, -0.05) is 164 Å². The van der Waals surface area contributed by atoms with Crippen molar-refractivity contribution in [2.24, 2.45) is 0 Å². The van der Waals surface area contributed by atoms with E-state index >= 15 is 0 Å². The van der Waals surface area contributed by atoms with Crippen molar-refractivity contribution < 1.29 is 15.0 Å². The minimum atomic E-state index is -0.837. The Balaban J connectivity index is 3.45. The van der Waals surface area contributed by atoms with Gasteiger partial charge in [0.25, 0.3) is 0 Å². The van der Waals surface area contributed by atoms with Gasteiger partial charge in [-0.2, -0.15) is 0 Å². The maximum atomic E-state index is 12.1. The van der Waals surface area contributed by atoms with Gasteiger partial charge in [-0.3, -0.25) is 4.79 Å². The summed E-state index contributed by atoms with van der Waals surface area (Å²) in [5.41, 5.74) is 0. The molecule has 0 aliphatic rings. The molecule has 2 unspecified atom stereocenters. The standard InChI is InChI=1S/C40H69NO3/c1-3-5-7-8-9-10-11-12-13-14-15-16-17-18-19-20-21-22-23-24-25-26-27-28-29-30-31-32-34-36-40(44)41-38(37-42)39(43)35-33-6-4-2/h5,7,9-10,12-13,15-16,18-19,33,35,38-39,42-43H,3-4,6,8,11,14,17,20-32,34,36-37H2,1-2H3,(H,41,44)/b7-5-,10-9-,13-12-,16-15-,19-18-,35-33+. The molecule has 0 fully saturated rings. The van der Waals surface area contributed by atoms with E-state index in [1.165, 1.54) is 77.0 Å². The molecule has 4 heteroatoms. The summed E-state index contributed by atoms with van der Waals surface area (Å²) in [5, 5.41) is 22.3. The zero-order chi connectivity index (χ0) is 32.2. The molecule has 0 saturated heterocycles. The minimum absolute atomic E-state index is 0.0823. The summed E-state index contributed by atoms with van der Waals surface area (Å²) >= 11 is 0. The van der Waals surface area contributed by atoms with Gasteiger partial charge < -0.3 is 15.5 Å². The van der Waals surface area contributed by atoms with E-state index in [1.54, 1.807) is 6.08 Å². The van der Waals surface area contributed by atoms with Crippen LogP contribution in [0.25, 0.3) is 0 Å². The van der Waals surface area contributed by atoms with Gasteiger partial charge in [0.2, 0.25) is 5.91 Å². The summed E-state index contributed by atoms with van der Waals surface area (Å²) in [6.45, 7) is 3.98. The molecule has 0 aromatic carbocycles. The number of amides is 1. The SMILES string of the molecule is CC/C=C\C/C=C\C/C=C\C/C=C\C/C=C\CCCCCCCCCCCCCCCC(=O)NC(CO)C(O)/C=C/CCC. The highest BCUT2D eigenvalue weighted by atomic mass is 16.3. The molecule has 4 nitrogen and oxygen atoms in total. The van der Waals surface area contributed by atoms with E-state index in [2.05, 4.69) is 79.9 Å². The van der Waals surface area contributed by atoms with Crippen LogP contribution >= 0.6 is 0 Å². The molecule has 0 heterocycles. The van der Waals surface area contributed by atoms with Gasteiger partial charge in [-0.05, 0) is 57.8 Å². The third-order valence-corrected chi connectivity index (χ3v) is 7.68. The van der Waals surface area contributed by atoms with Crippen molar-refractivity contribution in [2.45, 2.75) is 167 Å². The minimum Gasteiger partial charge on any atom is -0.394 e. The Hall–Kier alpha value is -2.17. The smallest absolute Gasteiger partial charge is 0.220 e. The number of carbonyl (C=O) groups is 1. The van der Waals surface area contributed by atoms with E-state index in [0.717, 1.165) is 57.8 Å². The highest BCUT2D eigenvalue weighted by Crippen LogP contribution is 2.14. The number of allylic oxidation sites excluding steroid dienone is 11. The van der Waals surface area contributed by atoms with Crippen LogP contribution < -0.4 is 5.32 Å². The van der Waals surface area contributed by atoms with Crippen molar-refractivity contribution in [3.8, 4) is 0 Å². The molecule has 44 heavy (non-hydrogen) atoms. The molecule has 0 spiro atoms. The van der Waals surface area contributed by atoms with E-state index in [9.17, 15) is 15.0 Å². The quantitative estimate of drug-likeness (QED) is 0.0539. The van der Waals surface area contributed by atoms with Crippen LogP contribution in [0.4, 0.5) is 0 Å². The molecule has 252 valence electrons. The second-order valence-corrected chi connectivity index (χ2v) is 11.9. The summed E-state index contributed by atoms with van der Waals surface area (Å²) in [5.74, 6) is -0.0823. The van der Waals surface area contributed by atoms with Crippen molar-refractivity contribution in [3.63, 3.8) is 0 Å². The number of rotatable bonds is 31. The monoisotopic (exact) mass is 612 g/mol. The molecule has 0 aromatic rings. The fraction of sp³-hybridized carbons (Fsp3) is 0.675. The topological polar surface area (TPSA) is 69.6 Å². The largest absolute Gasteiger partial charge is 0.394 e.